The molecule has 6 heteroatoms. The molecule has 4 rings (SSSR count). The molecule has 174 valence electrons. The summed E-state index contributed by atoms with van der Waals surface area (Å²) in [5.41, 5.74) is 3.89. The fourth-order valence-electron chi connectivity index (χ4n) is 5.00. The number of phenols is 1. The Morgan fingerprint density at radius 1 is 1.03 bits per heavy atom. The third-order valence-electron chi connectivity index (χ3n) is 6.65. The zero-order valence-corrected chi connectivity index (χ0v) is 19.9. The monoisotopic (exact) mass is 449 g/mol. The van der Waals surface area contributed by atoms with Crippen LogP contribution in [0, 0.1) is 5.41 Å². The second kappa shape index (κ2) is 8.58. The third-order valence-corrected chi connectivity index (χ3v) is 6.65. The van der Waals surface area contributed by atoms with Crippen LogP contribution in [0.1, 0.15) is 57.1 Å². The molecular formula is C27H31NO5. The van der Waals surface area contributed by atoms with Crippen molar-refractivity contribution >= 4 is 17.4 Å². The lowest BCUT2D eigenvalue weighted by Gasteiger charge is -2.43. The summed E-state index contributed by atoms with van der Waals surface area (Å²) in [6.45, 7) is 6.22. The SMILES string of the molecule is CCc1ccc(N2C(=O)CC(c3cc(OC)c(O)c(OC)c3)C3=C2CC(C)(C)CC3=O)cc1. The lowest BCUT2D eigenvalue weighted by atomic mass is 9.69. The van der Waals surface area contributed by atoms with E-state index < -0.39 is 5.92 Å². The zero-order chi connectivity index (χ0) is 23.9. The van der Waals surface area contributed by atoms with Gasteiger partial charge in [0.2, 0.25) is 11.7 Å². The summed E-state index contributed by atoms with van der Waals surface area (Å²) in [5, 5.41) is 10.3. The van der Waals surface area contributed by atoms with Crippen molar-refractivity contribution in [2.24, 2.45) is 5.41 Å². The molecule has 0 bridgehead atoms. The molecule has 0 fully saturated rings. The topological polar surface area (TPSA) is 76.1 Å². The summed E-state index contributed by atoms with van der Waals surface area (Å²) in [4.78, 5) is 28.8. The number of carbonyl (C=O) groups is 2. The van der Waals surface area contributed by atoms with E-state index in [1.165, 1.54) is 19.8 Å². The molecule has 1 unspecified atom stereocenters. The van der Waals surface area contributed by atoms with Crippen LogP contribution in [0.4, 0.5) is 5.69 Å². The maximum atomic E-state index is 13.5. The summed E-state index contributed by atoms with van der Waals surface area (Å²) in [5.74, 6) is -0.0285. The first-order valence-corrected chi connectivity index (χ1v) is 11.3. The Kier molecular flexibility index (Phi) is 5.95. The molecule has 1 N–H and O–H groups in total. The first-order chi connectivity index (χ1) is 15.7. The molecule has 0 saturated carbocycles. The van der Waals surface area contributed by atoms with Crippen molar-refractivity contribution in [1.29, 1.82) is 0 Å². The normalized spacial score (nSPS) is 20.0. The third kappa shape index (κ3) is 4.10. The predicted octanol–water partition coefficient (Wildman–Crippen LogP) is 5.14. The highest BCUT2D eigenvalue weighted by atomic mass is 16.5. The van der Waals surface area contributed by atoms with Crippen LogP contribution in [0.15, 0.2) is 47.7 Å². The van der Waals surface area contributed by atoms with Crippen LogP contribution >= 0.6 is 0 Å². The van der Waals surface area contributed by atoms with Gasteiger partial charge in [0, 0.05) is 35.7 Å². The average molecular weight is 450 g/mol. The maximum absolute atomic E-state index is 13.5. The second-order valence-electron chi connectivity index (χ2n) is 9.58. The van der Waals surface area contributed by atoms with Crippen LogP contribution in [0.3, 0.4) is 0 Å². The molecule has 6 nitrogen and oxygen atoms in total. The number of Topliss-reactive ketones (excluding diaryl/α,β-unsaturated/α-hetero) is 1. The predicted molar refractivity (Wildman–Crippen MR) is 127 cm³/mol. The average Bonchev–Trinajstić information content (AvgIpc) is 2.78. The number of phenolic OH excluding ortho intramolecular Hbond substituents is 1. The molecule has 1 atom stereocenters. The number of methoxy groups -OCH3 is 2. The van der Waals surface area contributed by atoms with Crippen LogP contribution in [0.2, 0.25) is 0 Å². The number of hydrogen-bond donors (Lipinski definition) is 1. The largest absolute Gasteiger partial charge is 0.502 e. The highest BCUT2D eigenvalue weighted by Crippen LogP contribution is 2.50. The van der Waals surface area contributed by atoms with E-state index in [1.807, 2.05) is 24.3 Å². The van der Waals surface area contributed by atoms with Gasteiger partial charge in [0.25, 0.3) is 0 Å². The highest BCUT2D eigenvalue weighted by Gasteiger charge is 2.44. The molecule has 1 heterocycles. The standard InChI is InChI=1S/C27H31NO5/c1-6-16-7-9-18(10-8-16)28-20-14-27(2,3)15-21(29)25(20)19(13-24(28)30)17-11-22(32-4)26(31)23(12-17)33-5/h7-12,19,31H,6,13-15H2,1-5H3. The Morgan fingerprint density at radius 3 is 2.18 bits per heavy atom. The molecule has 33 heavy (non-hydrogen) atoms. The van der Waals surface area contributed by atoms with Gasteiger partial charge in [-0.25, -0.2) is 0 Å². The van der Waals surface area contributed by atoms with Crippen molar-refractivity contribution in [1.82, 2.24) is 0 Å². The van der Waals surface area contributed by atoms with Gasteiger partial charge in [-0.15, -0.1) is 0 Å². The molecule has 1 aliphatic carbocycles. The number of amides is 1. The number of aryl methyl sites for hydroxylation is 1. The van der Waals surface area contributed by atoms with Crippen LogP contribution in [-0.4, -0.2) is 31.0 Å². The number of ketones is 1. The molecule has 2 aliphatic rings. The molecule has 1 amide bonds. The molecule has 0 spiro atoms. The fourth-order valence-corrected chi connectivity index (χ4v) is 5.00. The van der Waals surface area contributed by atoms with Gasteiger partial charge in [-0.05, 0) is 53.6 Å². The summed E-state index contributed by atoms with van der Waals surface area (Å²) >= 11 is 0. The van der Waals surface area contributed by atoms with Crippen molar-refractivity contribution in [2.75, 3.05) is 19.1 Å². The lowest BCUT2D eigenvalue weighted by Crippen LogP contribution is -2.43. The Hall–Kier alpha value is -3.28. The molecule has 0 saturated heterocycles. The second-order valence-corrected chi connectivity index (χ2v) is 9.58. The Bertz CT molecular complexity index is 1100. The number of ether oxygens (including phenoxy) is 2. The Balaban J connectivity index is 1.89. The number of nitrogens with zero attached hydrogens (tertiary/aromatic N) is 1. The minimum atomic E-state index is -0.425. The smallest absolute Gasteiger partial charge is 0.232 e. The van der Waals surface area contributed by atoms with Crippen molar-refractivity contribution in [3.8, 4) is 17.2 Å². The van der Waals surface area contributed by atoms with E-state index >= 15 is 0 Å². The first kappa shape index (κ1) is 22.9. The Labute approximate surface area is 194 Å². The van der Waals surface area contributed by atoms with Crippen molar-refractivity contribution in [3.05, 3.63) is 58.8 Å². The highest BCUT2D eigenvalue weighted by molar-refractivity contribution is 6.07. The quantitative estimate of drug-likeness (QED) is 0.684. The van der Waals surface area contributed by atoms with Gasteiger partial charge in [0.1, 0.15) is 0 Å². The fraction of sp³-hybridized carbons (Fsp3) is 0.407. The van der Waals surface area contributed by atoms with E-state index in [9.17, 15) is 14.7 Å². The number of carbonyl (C=O) groups excluding carboxylic acids is 2. The molecule has 2 aromatic rings. The summed E-state index contributed by atoms with van der Waals surface area (Å²) in [7, 11) is 2.93. The Morgan fingerprint density at radius 2 is 1.64 bits per heavy atom. The van der Waals surface area contributed by atoms with Crippen LogP contribution in [0.5, 0.6) is 17.2 Å². The van der Waals surface area contributed by atoms with Gasteiger partial charge >= 0.3 is 0 Å². The molecule has 0 aromatic heterocycles. The van der Waals surface area contributed by atoms with Crippen molar-refractivity contribution in [2.45, 2.75) is 52.4 Å². The molecule has 1 aliphatic heterocycles. The number of aromatic hydroxyl groups is 1. The van der Waals surface area contributed by atoms with E-state index in [1.54, 1.807) is 17.0 Å². The van der Waals surface area contributed by atoms with E-state index in [4.69, 9.17) is 9.47 Å². The number of allylic oxidation sites excluding steroid dienone is 2. The van der Waals surface area contributed by atoms with E-state index in [0.29, 0.717) is 18.4 Å². The summed E-state index contributed by atoms with van der Waals surface area (Å²) in [6.07, 6.45) is 2.11. The van der Waals surface area contributed by atoms with Crippen LogP contribution < -0.4 is 14.4 Å². The summed E-state index contributed by atoms with van der Waals surface area (Å²) in [6, 6.07) is 11.4. The van der Waals surface area contributed by atoms with Gasteiger partial charge < -0.3 is 14.6 Å². The van der Waals surface area contributed by atoms with Crippen molar-refractivity contribution < 1.29 is 24.2 Å². The maximum Gasteiger partial charge on any atom is 0.232 e. The van der Waals surface area contributed by atoms with E-state index in [-0.39, 0.29) is 40.8 Å². The zero-order valence-electron chi connectivity index (χ0n) is 19.9. The van der Waals surface area contributed by atoms with E-state index in [2.05, 4.69) is 20.8 Å². The van der Waals surface area contributed by atoms with Crippen LogP contribution in [-0.2, 0) is 16.0 Å². The van der Waals surface area contributed by atoms with Gasteiger partial charge in [-0.3, -0.25) is 14.5 Å². The number of benzene rings is 2. The minimum Gasteiger partial charge on any atom is -0.502 e. The van der Waals surface area contributed by atoms with Gasteiger partial charge in [-0.1, -0.05) is 32.9 Å². The van der Waals surface area contributed by atoms with Gasteiger partial charge in [0.15, 0.2) is 17.3 Å². The lowest BCUT2D eigenvalue weighted by molar-refractivity contribution is -0.121. The number of anilines is 1. The number of hydrogen-bond acceptors (Lipinski definition) is 5. The van der Waals surface area contributed by atoms with Gasteiger partial charge in [0.05, 0.1) is 14.2 Å². The van der Waals surface area contributed by atoms with Crippen molar-refractivity contribution in [3.63, 3.8) is 0 Å². The minimum absolute atomic E-state index is 0.0555. The number of rotatable bonds is 5. The van der Waals surface area contributed by atoms with E-state index in [0.717, 1.165) is 23.4 Å². The van der Waals surface area contributed by atoms with Crippen LogP contribution in [0.25, 0.3) is 0 Å². The summed E-state index contributed by atoms with van der Waals surface area (Å²) < 4.78 is 10.7. The molecule has 2 aromatic carbocycles. The molecular weight excluding hydrogens is 418 g/mol. The first-order valence-electron chi connectivity index (χ1n) is 11.3. The molecule has 0 radical (unpaired) electrons. The van der Waals surface area contributed by atoms with Gasteiger partial charge in [-0.2, -0.15) is 0 Å².